The van der Waals surface area contributed by atoms with Crippen LogP contribution in [0.2, 0.25) is 0 Å². The van der Waals surface area contributed by atoms with Crippen molar-refractivity contribution in [2.24, 2.45) is 0 Å². The van der Waals surface area contributed by atoms with Gasteiger partial charge in [0.2, 0.25) is 0 Å². The molecule has 0 aromatic heterocycles. The van der Waals surface area contributed by atoms with Crippen LogP contribution in [0.25, 0.3) is 0 Å². The molecule has 0 bridgehead atoms. The molecule has 0 spiro atoms. The lowest BCUT2D eigenvalue weighted by Crippen LogP contribution is -2.21. The Morgan fingerprint density at radius 3 is 2.23 bits per heavy atom. The molecule has 0 fully saturated rings. The number of ketones is 1. The Morgan fingerprint density at radius 2 is 1.58 bits per heavy atom. The lowest BCUT2D eigenvalue weighted by Gasteiger charge is -2.27. The first-order valence-corrected chi connectivity index (χ1v) is 9.02. The molecule has 1 atom stereocenters. The maximum Gasteiger partial charge on any atom is 0.174 e. The van der Waals surface area contributed by atoms with E-state index >= 15 is 0 Å². The third-order valence-electron chi connectivity index (χ3n) is 4.13. The number of rotatable bonds is 7. The van der Waals surface area contributed by atoms with Crippen molar-refractivity contribution in [1.82, 2.24) is 0 Å². The topological polar surface area (TPSA) is 54.0 Å². The van der Waals surface area contributed by atoms with E-state index in [0.29, 0.717) is 42.6 Å². The van der Waals surface area contributed by atoms with Crippen molar-refractivity contribution in [3.63, 3.8) is 0 Å². The molecule has 1 heterocycles. The minimum Gasteiger partial charge on any atom is -0.494 e. The van der Waals surface area contributed by atoms with Crippen LogP contribution in [0, 0.1) is 0 Å². The van der Waals surface area contributed by atoms with Gasteiger partial charge in [0.25, 0.3) is 0 Å². The van der Waals surface area contributed by atoms with Crippen LogP contribution in [-0.4, -0.2) is 25.6 Å². The number of hydrogen-bond donors (Lipinski definition) is 0. The quantitative estimate of drug-likeness (QED) is 0.726. The van der Waals surface area contributed by atoms with Crippen molar-refractivity contribution in [2.75, 3.05) is 19.8 Å². The van der Waals surface area contributed by atoms with Gasteiger partial charge in [-0.3, -0.25) is 4.79 Å². The van der Waals surface area contributed by atoms with Crippen LogP contribution in [0.5, 0.6) is 23.0 Å². The third kappa shape index (κ3) is 3.77. The van der Waals surface area contributed by atoms with Crippen LogP contribution in [0.1, 0.15) is 49.2 Å². The highest BCUT2D eigenvalue weighted by atomic mass is 16.5. The fourth-order valence-corrected chi connectivity index (χ4v) is 3.05. The van der Waals surface area contributed by atoms with E-state index < -0.39 is 0 Å². The second kappa shape index (κ2) is 8.13. The molecule has 26 heavy (non-hydrogen) atoms. The summed E-state index contributed by atoms with van der Waals surface area (Å²) in [6.07, 6.45) is -0.0632. The minimum absolute atomic E-state index is 0.0108. The van der Waals surface area contributed by atoms with E-state index in [4.69, 9.17) is 18.9 Å². The molecule has 0 N–H and O–H groups in total. The molecule has 5 heteroatoms. The molecule has 0 aliphatic carbocycles. The van der Waals surface area contributed by atoms with Gasteiger partial charge in [0, 0.05) is 12.1 Å². The summed E-state index contributed by atoms with van der Waals surface area (Å²) in [6.45, 7) is 7.36. The predicted octanol–water partition coefficient (Wildman–Crippen LogP) is 4.59. The first kappa shape index (κ1) is 18.1. The zero-order valence-corrected chi connectivity index (χ0v) is 15.4. The Hall–Kier alpha value is -2.69. The number of Topliss-reactive ketones (excluding diaryl/α,β-unsaturated/α-hetero) is 1. The fraction of sp³-hybridized carbons (Fsp3) is 0.381. The van der Waals surface area contributed by atoms with Gasteiger partial charge in [-0.15, -0.1) is 0 Å². The van der Waals surface area contributed by atoms with Crippen LogP contribution < -0.4 is 18.9 Å². The van der Waals surface area contributed by atoms with Crippen molar-refractivity contribution < 1.29 is 23.7 Å². The van der Waals surface area contributed by atoms with E-state index in [1.165, 1.54) is 0 Å². The highest BCUT2D eigenvalue weighted by Gasteiger charge is 2.31. The van der Waals surface area contributed by atoms with Gasteiger partial charge in [-0.2, -0.15) is 0 Å². The maximum absolute atomic E-state index is 12.8. The zero-order chi connectivity index (χ0) is 18.5. The second-order valence-corrected chi connectivity index (χ2v) is 5.90. The summed E-state index contributed by atoms with van der Waals surface area (Å²) in [5.41, 5.74) is 1.43. The van der Waals surface area contributed by atoms with E-state index in [0.717, 1.165) is 11.3 Å². The normalized spacial score (nSPS) is 15.8. The van der Waals surface area contributed by atoms with E-state index in [1.807, 2.05) is 45.0 Å². The first-order valence-electron chi connectivity index (χ1n) is 9.02. The van der Waals surface area contributed by atoms with Gasteiger partial charge < -0.3 is 18.9 Å². The highest BCUT2D eigenvalue weighted by Crippen LogP contribution is 2.42. The first-order chi connectivity index (χ1) is 12.7. The maximum atomic E-state index is 12.8. The standard InChI is InChI=1S/C21H24O5/c1-4-23-15-9-7-14(8-10-15)18-13-17(22)21-19(25-6-3)11-16(24-5-2)12-20(21)26-18/h7-12,18H,4-6,13H2,1-3H3. The molecule has 1 unspecified atom stereocenters. The summed E-state index contributed by atoms with van der Waals surface area (Å²) < 4.78 is 22.8. The Labute approximate surface area is 153 Å². The van der Waals surface area contributed by atoms with Crippen molar-refractivity contribution in [3.05, 3.63) is 47.5 Å². The van der Waals surface area contributed by atoms with Gasteiger partial charge in [0.05, 0.1) is 26.2 Å². The lowest BCUT2D eigenvalue weighted by atomic mass is 9.95. The molecule has 2 aromatic carbocycles. The average Bonchev–Trinajstić information content (AvgIpc) is 2.62. The average molecular weight is 356 g/mol. The van der Waals surface area contributed by atoms with Crippen molar-refractivity contribution >= 4 is 5.78 Å². The SMILES string of the molecule is CCOc1ccc(C2CC(=O)c3c(OCC)cc(OCC)cc3O2)cc1. The van der Waals surface area contributed by atoms with E-state index in [1.54, 1.807) is 12.1 Å². The largest absolute Gasteiger partial charge is 0.494 e. The molecule has 138 valence electrons. The summed E-state index contributed by atoms with van der Waals surface area (Å²) >= 11 is 0. The number of carbonyl (C=O) groups excluding carboxylic acids is 1. The molecule has 2 aromatic rings. The molecule has 0 radical (unpaired) electrons. The smallest absolute Gasteiger partial charge is 0.174 e. The van der Waals surface area contributed by atoms with Crippen molar-refractivity contribution in [1.29, 1.82) is 0 Å². The van der Waals surface area contributed by atoms with Crippen molar-refractivity contribution in [2.45, 2.75) is 33.3 Å². The number of hydrogen-bond acceptors (Lipinski definition) is 5. The molecular formula is C21H24O5. The predicted molar refractivity (Wildman–Crippen MR) is 98.7 cm³/mol. The van der Waals surface area contributed by atoms with Crippen LogP contribution in [0.3, 0.4) is 0 Å². The molecule has 5 nitrogen and oxygen atoms in total. The van der Waals surface area contributed by atoms with Crippen molar-refractivity contribution in [3.8, 4) is 23.0 Å². The fourth-order valence-electron chi connectivity index (χ4n) is 3.05. The van der Waals surface area contributed by atoms with Gasteiger partial charge in [-0.25, -0.2) is 0 Å². The zero-order valence-electron chi connectivity index (χ0n) is 15.4. The van der Waals surface area contributed by atoms with E-state index in [9.17, 15) is 4.79 Å². The van der Waals surface area contributed by atoms with Gasteiger partial charge >= 0.3 is 0 Å². The summed E-state index contributed by atoms with van der Waals surface area (Å²) in [7, 11) is 0. The molecule has 3 rings (SSSR count). The van der Waals surface area contributed by atoms with E-state index in [-0.39, 0.29) is 18.3 Å². The van der Waals surface area contributed by atoms with Gasteiger partial charge in [-0.05, 0) is 38.5 Å². The Bertz CT molecular complexity index is 767. The second-order valence-electron chi connectivity index (χ2n) is 5.90. The van der Waals surface area contributed by atoms with Crippen LogP contribution in [-0.2, 0) is 0 Å². The number of carbonyl (C=O) groups is 1. The Balaban J connectivity index is 1.91. The monoisotopic (exact) mass is 356 g/mol. The Kier molecular flexibility index (Phi) is 5.66. The highest BCUT2D eigenvalue weighted by molar-refractivity contribution is 6.02. The number of fused-ring (bicyclic) bond motifs is 1. The molecular weight excluding hydrogens is 332 g/mol. The molecule has 0 saturated heterocycles. The van der Waals surface area contributed by atoms with Crippen LogP contribution >= 0.6 is 0 Å². The van der Waals surface area contributed by atoms with E-state index in [2.05, 4.69) is 0 Å². The summed E-state index contributed by atoms with van der Waals surface area (Å²) in [4.78, 5) is 12.8. The summed E-state index contributed by atoms with van der Waals surface area (Å²) in [5, 5.41) is 0. The molecule has 0 saturated carbocycles. The number of ether oxygens (including phenoxy) is 4. The Morgan fingerprint density at radius 1 is 0.923 bits per heavy atom. The van der Waals surface area contributed by atoms with Crippen LogP contribution in [0.4, 0.5) is 0 Å². The summed E-state index contributed by atoms with van der Waals surface area (Å²) in [6, 6.07) is 11.2. The lowest BCUT2D eigenvalue weighted by molar-refractivity contribution is 0.0842. The summed E-state index contributed by atoms with van der Waals surface area (Å²) in [5.74, 6) is 2.47. The van der Waals surface area contributed by atoms with Gasteiger partial charge in [0.1, 0.15) is 34.7 Å². The molecule has 1 aliphatic heterocycles. The van der Waals surface area contributed by atoms with Gasteiger partial charge in [0.15, 0.2) is 5.78 Å². The minimum atomic E-state index is -0.336. The molecule has 0 amide bonds. The third-order valence-corrected chi connectivity index (χ3v) is 4.13. The number of benzene rings is 2. The van der Waals surface area contributed by atoms with Gasteiger partial charge in [-0.1, -0.05) is 12.1 Å². The molecule has 1 aliphatic rings. The van der Waals surface area contributed by atoms with Crippen LogP contribution in [0.15, 0.2) is 36.4 Å².